The van der Waals surface area contributed by atoms with Crippen LogP contribution in [0.2, 0.25) is 0 Å². The minimum absolute atomic E-state index is 0.0667. The number of unbranched alkanes of at least 4 members (excludes halogenated alkanes) is 22. The van der Waals surface area contributed by atoms with Gasteiger partial charge in [0.1, 0.15) is 13.2 Å². The zero-order valence-electron chi connectivity index (χ0n) is 36.3. The maximum Gasteiger partial charge on any atom is 0.306 e. The van der Waals surface area contributed by atoms with Crippen LogP contribution in [0.5, 0.6) is 0 Å². The molecule has 0 aromatic carbocycles. The van der Waals surface area contributed by atoms with Crippen LogP contribution >= 0.6 is 0 Å². The smallest absolute Gasteiger partial charge is 0.306 e. The molecule has 0 aromatic rings. The van der Waals surface area contributed by atoms with Crippen LogP contribution in [0.3, 0.4) is 0 Å². The molecule has 0 aliphatic rings. The summed E-state index contributed by atoms with van der Waals surface area (Å²) in [5.74, 6) is 1.58. The monoisotopic (exact) mass is 751 g/mol. The number of carbonyl (C=O) groups is 3. The average Bonchev–Trinajstić information content (AvgIpc) is 3.12. The Morgan fingerprint density at radius 1 is 0.377 bits per heavy atom. The molecule has 314 valence electrons. The molecule has 53 heavy (non-hydrogen) atoms. The SMILES string of the molecule is CCC(C)CCCCCCCCCCC(=O)OC[C@H](COC(=O)CCCCCCCCCCCCC(C)C)OC(=O)CCCCCCCCCC(C)C. The van der Waals surface area contributed by atoms with E-state index in [1.54, 1.807) is 0 Å². The van der Waals surface area contributed by atoms with Crippen LogP contribution in [0.1, 0.15) is 247 Å². The summed E-state index contributed by atoms with van der Waals surface area (Å²) >= 11 is 0. The summed E-state index contributed by atoms with van der Waals surface area (Å²) in [5, 5.41) is 0. The van der Waals surface area contributed by atoms with Crippen molar-refractivity contribution in [3.05, 3.63) is 0 Å². The molecule has 0 heterocycles. The van der Waals surface area contributed by atoms with Crippen molar-refractivity contribution in [2.24, 2.45) is 17.8 Å². The molecule has 0 aliphatic carbocycles. The fourth-order valence-corrected chi connectivity index (χ4v) is 6.85. The fraction of sp³-hybridized carbons (Fsp3) is 0.936. The van der Waals surface area contributed by atoms with Gasteiger partial charge in [-0.3, -0.25) is 14.4 Å². The lowest BCUT2D eigenvalue weighted by Crippen LogP contribution is -2.30. The van der Waals surface area contributed by atoms with E-state index in [1.807, 2.05) is 0 Å². The molecular weight excluding hydrogens is 661 g/mol. The second-order valence-corrected chi connectivity index (χ2v) is 17.2. The molecule has 6 heteroatoms. The van der Waals surface area contributed by atoms with Crippen molar-refractivity contribution in [3.63, 3.8) is 0 Å². The Kier molecular flexibility index (Phi) is 37.5. The summed E-state index contributed by atoms with van der Waals surface area (Å²) in [5.41, 5.74) is 0. The highest BCUT2D eigenvalue weighted by Crippen LogP contribution is 2.17. The molecule has 0 saturated carbocycles. The summed E-state index contributed by atoms with van der Waals surface area (Å²) in [7, 11) is 0. The molecule has 0 aliphatic heterocycles. The van der Waals surface area contributed by atoms with Gasteiger partial charge in [0.25, 0.3) is 0 Å². The minimum atomic E-state index is -0.762. The third-order valence-electron chi connectivity index (χ3n) is 10.8. The van der Waals surface area contributed by atoms with E-state index in [2.05, 4.69) is 41.5 Å². The van der Waals surface area contributed by atoms with Crippen LogP contribution in [-0.4, -0.2) is 37.2 Å². The second-order valence-electron chi connectivity index (χ2n) is 17.2. The number of carbonyl (C=O) groups excluding carboxylic acids is 3. The lowest BCUT2D eigenvalue weighted by molar-refractivity contribution is -0.167. The normalized spacial score (nSPS) is 12.7. The van der Waals surface area contributed by atoms with Crippen LogP contribution in [0, 0.1) is 17.8 Å². The summed E-state index contributed by atoms with van der Waals surface area (Å²) in [6, 6.07) is 0. The third-order valence-corrected chi connectivity index (χ3v) is 10.8. The van der Waals surface area contributed by atoms with E-state index in [0.717, 1.165) is 75.5 Å². The molecule has 6 nitrogen and oxygen atoms in total. The van der Waals surface area contributed by atoms with Gasteiger partial charge in [-0.05, 0) is 37.0 Å². The maximum atomic E-state index is 12.7. The summed E-state index contributed by atoms with van der Waals surface area (Å²) in [4.78, 5) is 37.7. The first-order valence-corrected chi connectivity index (χ1v) is 23.1. The van der Waals surface area contributed by atoms with E-state index in [1.165, 1.54) is 128 Å². The zero-order valence-corrected chi connectivity index (χ0v) is 36.3. The predicted molar refractivity (Wildman–Crippen MR) is 224 cm³/mol. The van der Waals surface area contributed by atoms with Crippen molar-refractivity contribution < 1.29 is 28.6 Å². The van der Waals surface area contributed by atoms with E-state index < -0.39 is 6.10 Å². The van der Waals surface area contributed by atoms with E-state index >= 15 is 0 Å². The first-order valence-electron chi connectivity index (χ1n) is 23.1. The van der Waals surface area contributed by atoms with Gasteiger partial charge in [0.15, 0.2) is 6.10 Å². The minimum Gasteiger partial charge on any atom is -0.462 e. The highest BCUT2D eigenvalue weighted by Gasteiger charge is 2.19. The molecule has 0 fully saturated rings. The Morgan fingerprint density at radius 3 is 0.981 bits per heavy atom. The van der Waals surface area contributed by atoms with Crippen molar-refractivity contribution in [2.75, 3.05) is 13.2 Å². The van der Waals surface area contributed by atoms with Gasteiger partial charge in [-0.25, -0.2) is 0 Å². The quantitative estimate of drug-likeness (QED) is 0.0352. The average molecular weight is 751 g/mol. The molecule has 0 saturated heterocycles. The highest BCUT2D eigenvalue weighted by atomic mass is 16.6. The lowest BCUT2D eigenvalue weighted by Gasteiger charge is -2.18. The molecular formula is C47H90O6. The van der Waals surface area contributed by atoms with Crippen molar-refractivity contribution in [1.82, 2.24) is 0 Å². The van der Waals surface area contributed by atoms with Crippen LogP contribution in [0.25, 0.3) is 0 Å². The number of hydrogen-bond donors (Lipinski definition) is 0. The van der Waals surface area contributed by atoms with Crippen LogP contribution in [-0.2, 0) is 28.6 Å². The van der Waals surface area contributed by atoms with Crippen molar-refractivity contribution in [3.8, 4) is 0 Å². The van der Waals surface area contributed by atoms with Crippen molar-refractivity contribution in [2.45, 2.75) is 253 Å². The molecule has 0 radical (unpaired) electrons. The summed E-state index contributed by atoms with van der Waals surface area (Å²) in [6.45, 7) is 13.6. The number of hydrogen-bond acceptors (Lipinski definition) is 6. The van der Waals surface area contributed by atoms with Gasteiger partial charge in [0, 0.05) is 19.3 Å². The third kappa shape index (κ3) is 39.9. The summed E-state index contributed by atoms with van der Waals surface area (Å²) < 4.78 is 16.7. The molecule has 0 N–H and O–H groups in total. The van der Waals surface area contributed by atoms with E-state index in [9.17, 15) is 14.4 Å². The van der Waals surface area contributed by atoms with Gasteiger partial charge in [0.2, 0.25) is 0 Å². The van der Waals surface area contributed by atoms with Gasteiger partial charge >= 0.3 is 17.9 Å². The highest BCUT2D eigenvalue weighted by molar-refractivity contribution is 5.71. The first kappa shape index (κ1) is 51.4. The van der Waals surface area contributed by atoms with Gasteiger partial charge in [-0.15, -0.1) is 0 Å². The molecule has 0 amide bonds. The zero-order chi connectivity index (χ0) is 39.2. The Balaban J connectivity index is 4.34. The number of esters is 3. The maximum absolute atomic E-state index is 12.7. The van der Waals surface area contributed by atoms with E-state index in [4.69, 9.17) is 14.2 Å². The van der Waals surface area contributed by atoms with E-state index in [-0.39, 0.29) is 31.1 Å². The standard InChI is InChI=1S/C47H90O6/c1-7-43(6)35-29-23-17-12-13-19-25-31-37-46(49)52-40-44(53-47(50)38-32-26-20-14-16-22-28-34-42(4)5)39-51-45(48)36-30-24-18-11-9-8-10-15-21-27-33-41(2)3/h41-44H,7-40H2,1-6H3/t43?,44-/m0/s1. The molecule has 0 bridgehead atoms. The molecule has 1 unspecified atom stereocenters. The van der Waals surface area contributed by atoms with E-state index in [0.29, 0.717) is 19.3 Å². The van der Waals surface area contributed by atoms with Crippen LogP contribution in [0.4, 0.5) is 0 Å². The summed E-state index contributed by atoms with van der Waals surface area (Å²) in [6.07, 6.45) is 35.2. The van der Waals surface area contributed by atoms with Gasteiger partial charge in [-0.2, -0.15) is 0 Å². The molecule has 0 rings (SSSR count). The molecule has 0 aromatic heterocycles. The lowest BCUT2D eigenvalue weighted by atomic mass is 9.99. The first-order chi connectivity index (χ1) is 25.6. The fourth-order valence-electron chi connectivity index (χ4n) is 6.85. The van der Waals surface area contributed by atoms with Gasteiger partial charge < -0.3 is 14.2 Å². The second kappa shape index (κ2) is 38.7. The molecule has 2 atom stereocenters. The van der Waals surface area contributed by atoms with Crippen LogP contribution < -0.4 is 0 Å². The Labute approximate surface area is 329 Å². The number of rotatable bonds is 40. The van der Waals surface area contributed by atoms with Crippen LogP contribution in [0.15, 0.2) is 0 Å². The molecule has 0 spiro atoms. The topological polar surface area (TPSA) is 78.9 Å². The Morgan fingerprint density at radius 2 is 0.660 bits per heavy atom. The Bertz CT molecular complexity index is 824. The number of ether oxygens (including phenoxy) is 3. The van der Waals surface area contributed by atoms with Gasteiger partial charge in [0.05, 0.1) is 0 Å². The largest absolute Gasteiger partial charge is 0.462 e. The van der Waals surface area contributed by atoms with Crippen molar-refractivity contribution >= 4 is 17.9 Å². The predicted octanol–water partition coefficient (Wildman–Crippen LogP) is 14.4. The van der Waals surface area contributed by atoms with Gasteiger partial charge in [-0.1, -0.05) is 208 Å². The van der Waals surface area contributed by atoms with Crippen molar-refractivity contribution in [1.29, 1.82) is 0 Å². The Hall–Kier alpha value is -1.59.